The Morgan fingerprint density at radius 2 is 1.69 bits per heavy atom. The van der Waals surface area contributed by atoms with Gasteiger partial charge in [0.2, 0.25) is 0 Å². The molecule has 0 aliphatic heterocycles. The van der Waals surface area contributed by atoms with Crippen LogP contribution < -0.4 is 4.74 Å². The molecule has 2 aromatic carbocycles. The number of carbonyl (C=O) groups excluding carboxylic acids is 1. The molecule has 0 saturated heterocycles. The van der Waals surface area contributed by atoms with Crippen LogP contribution in [-0.4, -0.2) is 15.5 Å². The van der Waals surface area contributed by atoms with Crippen LogP contribution in [0, 0.1) is 0 Å². The van der Waals surface area contributed by atoms with Gasteiger partial charge in [-0.25, -0.2) is 4.79 Å². The minimum atomic E-state index is -0.514. The van der Waals surface area contributed by atoms with Crippen molar-refractivity contribution < 1.29 is 9.53 Å². The van der Waals surface area contributed by atoms with Crippen molar-refractivity contribution in [1.29, 1.82) is 0 Å². The zero-order chi connectivity index (χ0) is 18.1. The molecule has 0 amide bonds. The van der Waals surface area contributed by atoms with Crippen LogP contribution in [0.4, 0.5) is 0 Å². The molecular formula is C20H12Cl2N2O2. The summed E-state index contributed by atoms with van der Waals surface area (Å²) in [5.41, 5.74) is 1.81. The third kappa shape index (κ3) is 3.05. The Morgan fingerprint density at radius 1 is 0.962 bits per heavy atom. The van der Waals surface area contributed by atoms with Crippen LogP contribution in [0.3, 0.4) is 0 Å². The van der Waals surface area contributed by atoms with Gasteiger partial charge in [-0.2, -0.15) is 0 Å². The lowest BCUT2D eigenvalue weighted by molar-refractivity contribution is 0.0737. The van der Waals surface area contributed by atoms with E-state index in [1.54, 1.807) is 36.5 Å². The van der Waals surface area contributed by atoms with Crippen LogP contribution in [0.2, 0.25) is 10.0 Å². The first-order chi connectivity index (χ1) is 12.6. The van der Waals surface area contributed by atoms with Crippen LogP contribution in [0.15, 0.2) is 73.2 Å². The number of carbonyl (C=O) groups is 1. The van der Waals surface area contributed by atoms with Crippen LogP contribution in [0.1, 0.15) is 10.4 Å². The monoisotopic (exact) mass is 382 g/mol. The SMILES string of the molecule is O=C(Oc1c(Cl)cc(Cl)c2cccnc12)c1ccc(-n2cccc2)cc1. The second kappa shape index (κ2) is 6.83. The summed E-state index contributed by atoms with van der Waals surface area (Å²) in [5, 5.41) is 1.36. The van der Waals surface area contributed by atoms with Gasteiger partial charge >= 0.3 is 5.97 Å². The van der Waals surface area contributed by atoms with E-state index in [0.29, 0.717) is 21.5 Å². The van der Waals surface area contributed by atoms with E-state index in [2.05, 4.69) is 4.98 Å². The maximum atomic E-state index is 12.5. The molecule has 0 atom stereocenters. The van der Waals surface area contributed by atoms with E-state index < -0.39 is 5.97 Å². The molecule has 0 unspecified atom stereocenters. The number of rotatable bonds is 3. The molecule has 0 bridgehead atoms. The maximum absolute atomic E-state index is 12.5. The van der Waals surface area contributed by atoms with Crippen molar-refractivity contribution in [2.24, 2.45) is 0 Å². The van der Waals surface area contributed by atoms with E-state index in [-0.39, 0.29) is 10.8 Å². The largest absolute Gasteiger partial charge is 0.419 e. The number of hydrogen-bond acceptors (Lipinski definition) is 3. The second-order valence-corrected chi connectivity index (χ2v) is 6.41. The van der Waals surface area contributed by atoms with Gasteiger partial charge in [0.05, 0.1) is 15.6 Å². The topological polar surface area (TPSA) is 44.1 Å². The van der Waals surface area contributed by atoms with Crippen LogP contribution in [0.25, 0.3) is 16.6 Å². The lowest BCUT2D eigenvalue weighted by Gasteiger charge is -2.11. The molecule has 0 aliphatic carbocycles. The number of ether oxygens (including phenoxy) is 1. The van der Waals surface area contributed by atoms with Gasteiger partial charge in [0, 0.05) is 29.7 Å². The Balaban J connectivity index is 1.66. The highest BCUT2D eigenvalue weighted by atomic mass is 35.5. The van der Waals surface area contributed by atoms with Gasteiger partial charge in [0.15, 0.2) is 5.75 Å². The smallest absolute Gasteiger partial charge is 0.343 e. The molecule has 4 nitrogen and oxygen atoms in total. The zero-order valence-electron chi connectivity index (χ0n) is 13.4. The van der Waals surface area contributed by atoms with Crippen LogP contribution in [0.5, 0.6) is 5.75 Å². The predicted octanol–water partition coefficient (Wildman–Crippen LogP) is 5.55. The molecule has 0 fully saturated rings. The minimum absolute atomic E-state index is 0.200. The predicted molar refractivity (Wildman–Crippen MR) is 102 cm³/mol. The highest BCUT2D eigenvalue weighted by molar-refractivity contribution is 6.39. The van der Waals surface area contributed by atoms with Gasteiger partial charge < -0.3 is 9.30 Å². The normalized spacial score (nSPS) is 10.8. The van der Waals surface area contributed by atoms with Crippen molar-refractivity contribution in [2.45, 2.75) is 0 Å². The van der Waals surface area contributed by atoms with Gasteiger partial charge in [0.1, 0.15) is 5.52 Å². The summed E-state index contributed by atoms with van der Waals surface area (Å²) in [7, 11) is 0. The molecule has 0 radical (unpaired) electrons. The average molecular weight is 383 g/mol. The molecule has 0 saturated carbocycles. The summed E-state index contributed by atoms with van der Waals surface area (Å²) in [6, 6.07) is 16.1. The molecule has 2 aromatic heterocycles. The highest BCUT2D eigenvalue weighted by Crippen LogP contribution is 2.37. The lowest BCUT2D eigenvalue weighted by atomic mass is 10.2. The van der Waals surface area contributed by atoms with Crippen molar-refractivity contribution in [3.05, 3.63) is 88.8 Å². The first kappa shape index (κ1) is 16.6. The van der Waals surface area contributed by atoms with Crippen molar-refractivity contribution in [3.63, 3.8) is 0 Å². The molecule has 128 valence electrons. The van der Waals surface area contributed by atoms with E-state index in [9.17, 15) is 4.79 Å². The highest BCUT2D eigenvalue weighted by Gasteiger charge is 2.17. The van der Waals surface area contributed by atoms with E-state index in [4.69, 9.17) is 27.9 Å². The number of halogens is 2. The standard InChI is InChI=1S/C20H12Cl2N2O2/c21-16-12-17(22)19(18-15(16)4-3-9-23-18)26-20(25)13-5-7-14(8-6-13)24-10-1-2-11-24/h1-12H. The molecule has 0 aliphatic rings. The molecule has 0 N–H and O–H groups in total. The number of benzene rings is 2. The Bertz CT molecular complexity index is 1090. The summed E-state index contributed by atoms with van der Waals surface area (Å²) in [4.78, 5) is 16.8. The minimum Gasteiger partial charge on any atom is -0.419 e. The number of nitrogens with zero attached hydrogens (tertiary/aromatic N) is 2. The molecule has 26 heavy (non-hydrogen) atoms. The summed E-state index contributed by atoms with van der Waals surface area (Å²) in [6.45, 7) is 0. The number of hydrogen-bond donors (Lipinski definition) is 0. The molecule has 6 heteroatoms. The second-order valence-electron chi connectivity index (χ2n) is 5.60. The van der Waals surface area contributed by atoms with Gasteiger partial charge in [-0.1, -0.05) is 23.2 Å². The number of aromatic nitrogens is 2. The van der Waals surface area contributed by atoms with E-state index in [0.717, 1.165) is 5.69 Å². The fraction of sp³-hybridized carbons (Fsp3) is 0. The third-order valence-corrected chi connectivity index (χ3v) is 4.54. The van der Waals surface area contributed by atoms with E-state index >= 15 is 0 Å². The van der Waals surface area contributed by atoms with Crippen LogP contribution in [-0.2, 0) is 0 Å². The molecule has 2 heterocycles. The fourth-order valence-corrected chi connectivity index (χ4v) is 3.23. The van der Waals surface area contributed by atoms with Gasteiger partial charge in [-0.15, -0.1) is 0 Å². The first-order valence-corrected chi connectivity index (χ1v) is 8.57. The molecular weight excluding hydrogens is 371 g/mol. The van der Waals surface area contributed by atoms with Crippen LogP contribution >= 0.6 is 23.2 Å². The fourth-order valence-electron chi connectivity index (χ4n) is 2.67. The molecule has 4 rings (SSSR count). The molecule has 0 spiro atoms. The third-order valence-electron chi connectivity index (χ3n) is 3.95. The zero-order valence-corrected chi connectivity index (χ0v) is 14.9. The first-order valence-electron chi connectivity index (χ1n) is 7.82. The average Bonchev–Trinajstić information content (AvgIpc) is 3.20. The maximum Gasteiger partial charge on any atom is 0.343 e. The van der Waals surface area contributed by atoms with Gasteiger partial charge in [-0.3, -0.25) is 4.98 Å². The summed E-state index contributed by atoms with van der Waals surface area (Å²) >= 11 is 12.4. The van der Waals surface area contributed by atoms with E-state index in [1.807, 2.05) is 41.2 Å². The van der Waals surface area contributed by atoms with Gasteiger partial charge in [-0.05, 0) is 54.6 Å². The Kier molecular flexibility index (Phi) is 4.37. The van der Waals surface area contributed by atoms with E-state index in [1.165, 1.54) is 0 Å². The van der Waals surface area contributed by atoms with Crippen molar-refractivity contribution in [3.8, 4) is 11.4 Å². The quantitative estimate of drug-likeness (QED) is 0.344. The van der Waals surface area contributed by atoms with Crippen molar-refractivity contribution in [2.75, 3.05) is 0 Å². The number of fused-ring (bicyclic) bond motifs is 1. The summed E-state index contributed by atoms with van der Waals surface area (Å²) in [6.07, 6.45) is 5.45. The summed E-state index contributed by atoms with van der Waals surface area (Å²) in [5.74, 6) is -0.314. The number of esters is 1. The Morgan fingerprint density at radius 3 is 2.42 bits per heavy atom. The van der Waals surface area contributed by atoms with Crippen molar-refractivity contribution in [1.82, 2.24) is 9.55 Å². The van der Waals surface area contributed by atoms with Crippen molar-refractivity contribution >= 4 is 40.1 Å². The summed E-state index contributed by atoms with van der Waals surface area (Å²) < 4.78 is 7.48. The van der Waals surface area contributed by atoms with Gasteiger partial charge in [0.25, 0.3) is 0 Å². The number of pyridine rings is 1. The molecule has 4 aromatic rings. The lowest BCUT2D eigenvalue weighted by Crippen LogP contribution is -2.09. The Hall–Kier alpha value is -2.82. The Labute approximate surface area is 159 Å².